The largest absolute Gasteiger partial charge is 0.316 e. The molecule has 62 valence electrons. The first-order valence-corrected chi connectivity index (χ1v) is 4.37. The maximum Gasteiger partial charge on any atom is -0.00231 e. The van der Waals surface area contributed by atoms with Crippen molar-refractivity contribution in [2.75, 3.05) is 13.1 Å². The Bertz CT molecular complexity index is 69.1. The van der Waals surface area contributed by atoms with Gasteiger partial charge in [-0.3, -0.25) is 0 Å². The van der Waals surface area contributed by atoms with Crippen molar-refractivity contribution in [3.8, 4) is 0 Å². The van der Waals surface area contributed by atoms with E-state index >= 15 is 0 Å². The highest BCUT2D eigenvalue weighted by molar-refractivity contribution is 4.55. The molecule has 0 rings (SSSR count). The molecule has 0 aromatic heterocycles. The van der Waals surface area contributed by atoms with E-state index in [2.05, 4.69) is 33.0 Å². The van der Waals surface area contributed by atoms with Gasteiger partial charge in [0.2, 0.25) is 0 Å². The molecule has 10 heavy (non-hydrogen) atoms. The summed E-state index contributed by atoms with van der Waals surface area (Å²) in [5.41, 5.74) is 0. The van der Waals surface area contributed by atoms with Gasteiger partial charge in [0, 0.05) is 0 Å². The third kappa shape index (κ3) is 6.09. The maximum atomic E-state index is 3.44. The molecule has 0 fully saturated rings. The van der Waals surface area contributed by atoms with Gasteiger partial charge in [0.1, 0.15) is 0 Å². The summed E-state index contributed by atoms with van der Waals surface area (Å²) >= 11 is 0. The first kappa shape index (κ1) is 9.96. The summed E-state index contributed by atoms with van der Waals surface area (Å²) in [6, 6.07) is 0. The molecule has 1 N–H and O–H groups in total. The summed E-state index contributed by atoms with van der Waals surface area (Å²) in [6.45, 7) is 11.3. The van der Waals surface area contributed by atoms with Crippen molar-refractivity contribution in [3.05, 3.63) is 0 Å². The minimum Gasteiger partial charge on any atom is -0.316 e. The lowest BCUT2D eigenvalue weighted by Gasteiger charge is -2.11. The molecule has 0 aromatic carbocycles. The molecule has 1 nitrogen and oxygen atoms in total. The summed E-state index contributed by atoms with van der Waals surface area (Å²) in [5, 5.41) is 3.44. The number of hydrogen-bond donors (Lipinski definition) is 1. The van der Waals surface area contributed by atoms with Crippen molar-refractivity contribution in [1.82, 2.24) is 5.32 Å². The van der Waals surface area contributed by atoms with Crippen molar-refractivity contribution in [1.29, 1.82) is 0 Å². The van der Waals surface area contributed by atoms with Crippen LogP contribution in [0.4, 0.5) is 0 Å². The van der Waals surface area contributed by atoms with Crippen LogP contribution in [0.15, 0.2) is 0 Å². The molecule has 0 saturated carbocycles. The molecule has 0 spiro atoms. The van der Waals surface area contributed by atoms with Gasteiger partial charge in [-0.15, -0.1) is 0 Å². The van der Waals surface area contributed by atoms with Gasteiger partial charge in [0.25, 0.3) is 0 Å². The average molecular weight is 143 g/mol. The highest BCUT2D eigenvalue weighted by atomic mass is 14.9. The predicted octanol–water partition coefficient (Wildman–Crippen LogP) is 2.28. The molecular formula is C9H21N. The zero-order valence-corrected chi connectivity index (χ0v) is 7.78. The van der Waals surface area contributed by atoms with E-state index in [0.717, 1.165) is 18.4 Å². The minimum atomic E-state index is 0.782. The van der Waals surface area contributed by atoms with E-state index in [4.69, 9.17) is 0 Å². The van der Waals surface area contributed by atoms with Crippen LogP contribution in [0.2, 0.25) is 0 Å². The summed E-state index contributed by atoms with van der Waals surface area (Å²) in [6.07, 6.45) is 1.28. The van der Waals surface area contributed by atoms with Crippen LogP contribution >= 0.6 is 0 Å². The van der Waals surface area contributed by atoms with Crippen molar-refractivity contribution >= 4 is 0 Å². The Balaban J connectivity index is 3.03. The van der Waals surface area contributed by atoms with Crippen molar-refractivity contribution < 1.29 is 0 Å². The number of nitrogens with one attached hydrogen (secondary N) is 1. The van der Waals surface area contributed by atoms with Crippen molar-refractivity contribution in [2.45, 2.75) is 34.1 Å². The molecule has 0 aromatic rings. The van der Waals surface area contributed by atoms with Gasteiger partial charge in [0.05, 0.1) is 0 Å². The van der Waals surface area contributed by atoms with Crippen LogP contribution in [0, 0.1) is 11.8 Å². The lowest BCUT2D eigenvalue weighted by atomic mass is 10.1. The maximum absolute atomic E-state index is 3.44. The molecule has 1 heteroatoms. The number of rotatable bonds is 5. The fourth-order valence-electron chi connectivity index (χ4n) is 0.763. The molecule has 0 bridgehead atoms. The molecular weight excluding hydrogens is 122 g/mol. The first-order chi connectivity index (χ1) is 4.66. The smallest absolute Gasteiger partial charge is 0.00231 e. The van der Waals surface area contributed by atoms with Gasteiger partial charge in [-0.05, 0) is 24.9 Å². The van der Waals surface area contributed by atoms with Gasteiger partial charge < -0.3 is 5.32 Å². The second kappa shape index (κ2) is 5.72. The van der Waals surface area contributed by atoms with Gasteiger partial charge >= 0.3 is 0 Å². The quantitative estimate of drug-likeness (QED) is 0.622. The van der Waals surface area contributed by atoms with Crippen molar-refractivity contribution in [2.24, 2.45) is 11.8 Å². The third-order valence-electron chi connectivity index (χ3n) is 1.74. The van der Waals surface area contributed by atoms with Crippen LogP contribution in [-0.2, 0) is 0 Å². The molecule has 1 atom stereocenters. The lowest BCUT2D eigenvalue weighted by molar-refractivity contribution is 0.466. The van der Waals surface area contributed by atoms with Crippen LogP contribution < -0.4 is 5.32 Å². The van der Waals surface area contributed by atoms with Gasteiger partial charge in [-0.2, -0.15) is 0 Å². The monoisotopic (exact) mass is 143 g/mol. The Morgan fingerprint density at radius 2 is 1.70 bits per heavy atom. The van der Waals surface area contributed by atoms with E-state index in [-0.39, 0.29) is 0 Å². The molecule has 0 aliphatic heterocycles. The molecule has 0 aliphatic carbocycles. The lowest BCUT2D eigenvalue weighted by Crippen LogP contribution is -2.24. The topological polar surface area (TPSA) is 12.0 Å². The normalized spacial score (nSPS) is 14.1. The van der Waals surface area contributed by atoms with E-state index in [1.807, 2.05) is 0 Å². The van der Waals surface area contributed by atoms with Gasteiger partial charge in [-0.25, -0.2) is 0 Å². The zero-order chi connectivity index (χ0) is 7.98. The van der Waals surface area contributed by atoms with Crippen LogP contribution in [0.3, 0.4) is 0 Å². The second-order valence-corrected chi connectivity index (χ2v) is 3.57. The minimum absolute atomic E-state index is 0.782. The van der Waals surface area contributed by atoms with E-state index in [9.17, 15) is 0 Å². The van der Waals surface area contributed by atoms with E-state index < -0.39 is 0 Å². The van der Waals surface area contributed by atoms with Crippen LogP contribution in [0.1, 0.15) is 34.1 Å². The van der Waals surface area contributed by atoms with E-state index in [0.29, 0.717) is 0 Å². The van der Waals surface area contributed by atoms with Crippen LogP contribution in [-0.4, -0.2) is 13.1 Å². The Hall–Kier alpha value is -0.0400. The summed E-state index contributed by atoms with van der Waals surface area (Å²) in [5.74, 6) is 1.61. The third-order valence-corrected chi connectivity index (χ3v) is 1.74. The second-order valence-electron chi connectivity index (χ2n) is 3.57. The SMILES string of the molecule is CCC(C)CNCC(C)C. The number of hydrogen-bond acceptors (Lipinski definition) is 1. The summed E-state index contributed by atoms with van der Waals surface area (Å²) in [7, 11) is 0. The predicted molar refractivity (Wildman–Crippen MR) is 47.2 cm³/mol. The molecule has 0 amide bonds. The summed E-state index contributed by atoms with van der Waals surface area (Å²) < 4.78 is 0. The van der Waals surface area contributed by atoms with Crippen LogP contribution in [0.25, 0.3) is 0 Å². The molecule has 0 aliphatic rings. The first-order valence-electron chi connectivity index (χ1n) is 4.37. The van der Waals surface area contributed by atoms with Gasteiger partial charge in [0.15, 0.2) is 0 Å². The summed E-state index contributed by atoms with van der Waals surface area (Å²) in [4.78, 5) is 0. The molecule has 1 unspecified atom stereocenters. The van der Waals surface area contributed by atoms with E-state index in [1.54, 1.807) is 0 Å². The fourth-order valence-corrected chi connectivity index (χ4v) is 0.763. The Morgan fingerprint density at radius 3 is 2.10 bits per heavy atom. The highest BCUT2D eigenvalue weighted by Gasteiger charge is 1.97. The van der Waals surface area contributed by atoms with Gasteiger partial charge in [-0.1, -0.05) is 34.1 Å². The standard InChI is InChI=1S/C9H21N/c1-5-9(4)7-10-6-8(2)3/h8-10H,5-7H2,1-4H3. The van der Waals surface area contributed by atoms with Crippen LogP contribution in [0.5, 0.6) is 0 Å². The Morgan fingerprint density at radius 1 is 1.10 bits per heavy atom. The average Bonchev–Trinajstić information content (AvgIpc) is 1.87. The van der Waals surface area contributed by atoms with Crippen molar-refractivity contribution in [3.63, 3.8) is 0 Å². The molecule has 0 heterocycles. The molecule has 0 radical (unpaired) electrons. The zero-order valence-electron chi connectivity index (χ0n) is 7.78. The fraction of sp³-hybridized carbons (Fsp3) is 1.00. The Labute approximate surface area is 65.2 Å². The van der Waals surface area contributed by atoms with E-state index in [1.165, 1.54) is 13.0 Å². The highest BCUT2D eigenvalue weighted by Crippen LogP contribution is 1.97. The molecule has 0 saturated heterocycles. The Kier molecular flexibility index (Phi) is 5.70.